The molecule has 0 heterocycles. The summed E-state index contributed by atoms with van der Waals surface area (Å²) in [5, 5.41) is 11.3. The van der Waals surface area contributed by atoms with Crippen LogP contribution in [0.25, 0.3) is 0 Å². The molecule has 0 spiro atoms. The van der Waals surface area contributed by atoms with Crippen molar-refractivity contribution < 1.29 is 14.7 Å². The summed E-state index contributed by atoms with van der Waals surface area (Å²) in [6, 6.07) is 5.96. The van der Waals surface area contributed by atoms with Crippen LogP contribution in [0.2, 0.25) is 0 Å². The van der Waals surface area contributed by atoms with Crippen molar-refractivity contribution in [2.45, 2.75) is 46.0 Å². The fourth-order valence-corrected chi connectivity index (χ4v) is 1.66. The lowest BCUT2D eigenvalue weighted by Gasteiger charge is -2.21. The predicted octanol–water partition coefficient (Wildman–Crippen LogP) is 3.10. The molecule has 104 valence electrons. The van der Waals surface area contributed by atoms with E-state index in [1.54, 1.807) is 0 Å². The molecule has 0 bridgehead atoms. The van der Waals surface area contributed by atoms with Crippen molar-refractivity contribution in [2.24, 2.45) is 0 Å². The molecule has 1 rings (SSSR count). The van der Waals surface area contributed by atoms with E-state index in [1.807, 2.05) is 25.1 Å². The quantitative estimate of drug-likeness (QED) is 0.877. The Hall–Kier alpha value is -1.84. The highest BCUT2D eigenvalue weighted by Gasteiger charge is 2.15. The lowest BCUT2D eigenvalue weighted by atomic mass is 9.86. The van der Waals surface area contributed by atoms with Gasteiger partial charge in [0.2, 0.25) is 5.91 Å². The summed E-state index contributed by atoms with van der Waals surface area (Å²) in [6.07, 6.45) is -0.154. The molecular weight excluding hydrogens is 242 g/mol. The van der Waals surface area contributed by atoms with Crippen LogP contribution in [0.1, 0.15) is 44.7 Å². The number of aryl methyl sites for hydroxylation is 1. The van der Waals surface area contributed by atoms with Crippen LogP contribution < -0.4 is 5.32 Å². The van der Waals surface area contributed by atoms with Crippen LogP contribution in [0.15, 0.2) is 18.2 Å². The third-order valence-electron chi connectivity index (χ3n) is 2.94. The second-order valence-corrected chi connectivity index (χ2v) is 5.72. The molecule has 1 aromatic carbocycles. The van der Waals surface area contributed by atoms with Crippen LogP contribution in [0.5, 0.6) is 0 Å². The molecule has 1 aromatic rings. The minimum absolute atomic E-state index is 0.00544. The highest BCUT2D eigenvalue weighted by atomic mass is 16.4. The van der Waals surface area contributed by atoms with Crippen LogP contribution in [0.3, 0.4) is 0 Å². The molecule has 0 fully saturated rings. The van der Waals surface area contributed by atoms with Crippen LogP contribution in [-0.2, 0) is 15.0 Å². The average molecular weight is 263 g/mol. The van der Waals surface area contributed by atoms with Gasteiger partial charge in [-0.15, -0.1) is 0 Å². The summed E-state index contributed by atoms with van der Waals surface area (Å²) >= 11 is 0. The summed E-state index contributed by atoms with van der Waals surface area (Å²) in [5.41, 5.74) is 2.86. The fraction of sp³-hybridized carbons (Fsp3) is 0.467. The number of hydrogen-bond donors (Lipinski definition) is 2. The van der Waals surface area contributed by atoms with Crippen molar-refractivity contribution in [1.82, 2.24) is 0 Å². The number of amides is 1. The molecule has 1 amide bonds. The van der Waals surface area contributed by atoms with Gasteiger partial charge in [-0.2, -0.15) is 0 Å². The Kier molecular flexibility index (Phi) is 4.70. The van der Waals surface area contributed by atoms with Gasteiger partial charge in [0.05, 0.1) is 6.42 Å². The normalized spacial score (nSPS) is 11.2. The molecule has 0 aliphatic rings. The van der Waals surface area contributed by atoms with Crippen molar-refractivity contribution in [3.05, 3.63) is 29.3 Å². The van der Waals surface area contributed by atoms with E-state index in [1.165, 1.54) is 0 Å². The third-order valence-corrected chi connectivity index (χ3v) is 2.94. The van der Waals surface area contributed by atoms with E-state index < -0.39 is 5.97 Å². The second kappa shape index (κ2) is 5.87. The summed E-state index contributed by atoms with van der Waals surface area (Å²) in [7, 11) is 0. The predicted molar refractivity (Wildman–Crippen MR) is 75.4 cm³/mol. The number of carboxylic acids is 1. The van der Waals surface area contributed by atoms with Crippen LogP contribution in [0.4, 0.5) is 5.69 Å². The number of benzene rings is 1. The van der Waals surface area contributed by atoms with Crippen molar-refractivity contribution in [2.75, 3.05) is 5.32 Å². The van der Waals surface area contributed by atoms with E-state index in [0.29, 0.717) is 0 Å². The van der Waals surface area contributed by atoms with Gasteiger partial charge in [-0.25, -0.2) is 0 Å². The zero-order chi connectivity index (χ0) is 14.6. The molecule has 0 aliphatic carbocycles. The van der Waals surface area contributed by atoms with Gasteiger partial charge in [0.15, 0.2) is 0 Å². The number of aliphatic carboxylic acids is 1. The Bertz CT molecular complexity index is 487. The number of carbonyl (C=O) groups excluding carboxylic acids is 1. The zero-order valence-electron chi connectivity index (χ0n) is 11.9. The number of anilines is 1. The van der Waals surface area contributed by atoms with Gasteiger partial charge in [-0.1, -0.05) is 32.9 Å². The first-order chi connectivity index (χ1) is 8.70. The Morgan fingerprint density at radius 3 is 2.37 bits per heavy atom. The topological polar surface area (TPSA) is 66.4 Å². The summed E-state index contributed by atoms with van der Waals surface area (Å²) < 4.78 is 0. The first-order valence-electron chi connectivity index (χ1n) is 6.33. The number of carbonyl (C=O) groups is 2. The lowest BCUT2D eigenvalue weighted by molar-refractivity contribution is -0.138. The van der Waals surface area contributed by atoms with Gasteiger partial charge < -0.3 is 10.4 Å². The Balaban J connectivity index is 2.83. The van der Waals surface area contributed by atoms with Gasteiger partial charge in [-0.3, -0.25) is 9.59 Å². The fourth-order valence-electron chi connectivity index (χ4n) is 1.66. The maximum absolute atomic E-state index is 11.7. The molecule has 0 aliphatic heterocycles. The van der Waals surface area contributed by atoms with Crippen molar-refractivity contribution in [3.8, 4) is 0 Å². The zero-order valence-corrected chi connectivity index (χ0v) is 11.9. The average Bonchev–Trinajstić information content (AvgIpc) is 2.28. The van der Waals surface area contributed by atoms with E-state index in [0.717, 1.165) is 16.8 Å². The molecular formula is C15H21NO3. The number of carboxylic acid groups (broad SMARTS) is 1. The number of rotatable bonds is 4. The molecule has 2 N–H and O–H groups in total. The van der Waals surface area contributed by atoms with Gasteiger partial charge in [0.1, 0.15) is 0 Å². The maximum atomic E-state index is 11.7. The second-order valence-electron chi connectivity index (χ2n) is 5.72. The minimum Gasteiger partial charge on any atom is -0.481 e. The molecule has 19 heavy (non-hydrogen) atoms. The summed E-state index contributed by atoms with van der Waals surface area (Å²) in [6.45, 7) is 8.23. The molecule has 4 heteroatoms. The number of nitrogens with one attached hydrogen (secondary N) is 1. The summed E-state index contributed by atoms with van der Waals surface area (Å²) in [4.78, 5) is 22.1. The summed E-state index contributed by atoms with van der Waals surface area (Å²) in [5.74, 6) is -1.23. The van der Waals surface area contributed by atoms with Gasteiger partial charge in [0.25, 0.3) is 0 Å². The van der Waals surface area contributed by atoms with E-state index >= 15 is 0 Å². The first kappa shape index (κ1) is 15.2. The minimum atomic E-state index is -0.963. The SMILES string of the molecule is Cc1ccc(C(C)(C)C)cc1NC(=O)CCC(=O)O. The van der Waals surface area contributed by atoms with Crippen LogP contribution >= 0.6 is 0 Å². The van der Waals surface area contributed by atoms with E-state index in [2.05, 4.69) is 26.1 Å². The first-order valence-corrected chi connectivity index (χ1v) is 6.33. The molecule has 0 unspecified atom stereocenters. The Morgan fingerprint density at radius 2 is 1.84 bits per heavy atom. The Labute approximate surface area is 113 Å². The largest absolute Gasteiger partial charge is 0.481 e. The molecule has 0 aromatic heterocycles. The Morgan fingerprint density at radius 1 is 1.21 bits per heavy atom. The maximum Gasteiger partial charge on any atom is 0.303 e. The van der Waals surface area contributed by atoms with Crippen molar-refractivity contribution >= 4 is 17.6 Å². The van der Waals surface area contributed by atoms with Crippen LogP contribution in [0, 0.1) is 6.92 Å². The van der Waals surface area contributed by atoms with E-state index in [9.17, 15) is 9.59 Å². The molecule has 0 radical (unpaired) electrons. The molecule has 0 atom stereocenters. The smallest absolute Gasteiger partial charge is 0.303 e. The monoisotopic (exact) mass is 263 g/mol. The highest BCUT2D eigenvalue weighted by molar-refractivity contribution is 5.93. The van der Waals surface area contributed by atoms with Gasteiger partial charge in [0, 0.05) is 12.1 Å². The van der Waals surface area contributed by atoms with Gasteiger partial charge >= 0.3 is 5.97 Å². The standard InChI is InChI=1S/C15H21NO3/c1-10-5-6-11(15(2,3)4)9-12(10)16-13(17)7-8-14(18)19/h5-6,9H,7-8H2,1-4H3,(H,16,17)(H,18,19). The highest BCUT2D eigenvalue weighted by Crippen LogP contribution is 2.27. The van der Waals surface area contributed by atoms with Crippen LogP contribution in [-0.4, -0.2) is 17.0 Å². The van der Waals surface area contributed by atoms with Crippen molar-refractivity contribution in [3.63, 3.8) is 0 Å². The lowest BCUT2D eigenvalue weighted by Crippen LogP contribution is -2.16. The van der Waals surface area contributed by atoms with E-state index in [-0.39, 0.29) is 24.2 Å². The molecule has 0 saturated heterocycles. The molecule has 4 nitrogen and oxygen atoms in total. The van der Waals surface area contributed by atoms with Crippen molar-refractivity contribution in [1.29, 1.82) is 0 Å². The number of hydrogen-bond acceptors (Lipinski definition) is 2. The van der Waals surface area contributed by atoms with E-state index in [4.69, 9.17) is 5.11 Å². The third kappa shape index (κ3) is 4.73. The molecule has 0 saturated carbocycles. The van der Waals surface area contributed by atoms with Gasteiger partial charge in [-0.05, 0) is 29.5 Å².